The molecule has 0 fully saturated rings. The van der Waals surface area contributed by atoms with E-state index in [0.717, 1.165) is 4.88 Å². The van der Waals surface area contributed by atoms with E-state index < -0.39 is 11.9 Å². The lowest BCUT2D eigenvalue weighted by molar-refractivity contribution is -0.131. The molecule has 0 saturated carbocycles. The maximum absolute atomic E-state index is 12.8. The summed E-state index contributed by atoms with van der Waals surface area (Å²) < 4.78 is 10.2. The topological polar surface area (TPSA) is 81.7 Å². The number of esters is 2. The second-order valence-electron chi connectivity index (χ2n) is 6.24. The number of carbonyl (C=O) groups excluding carboxylic acids is 3. The van der Waals surface area contributed by atoms with Crippen molar-refractivity contribution in [2.24, 2.45) is 0 Å². The predicted molar refractivity (Wildman–Crippen MR) is 105 cm³/mol. The number of amides is 1. The highest BCUT2D eigenvalue weighted by Crippen LogP contribution is 2.34. The van der Waals surface area contributed by atoms with Gasteiger partial charge in [0.1, 0.15) is 10.8 Å². The molecule has 0 atom stereocenters. The van der Waals surface area contributed by atoms with Crippen LogP contribution in [0.5, 0.6) is 5.75 Å². The van der Waals surface area contributed by atoms with Gasteiger partial charge < -0.3 is 14.8 Å². The summed E-state index contributed by atoms with van der Waals surface area (Å²) in [6, 6.07) is 6.66. The molecule has 0 aliphatic rings. The largest absolute Gasteiger partial charge is 0.462 e. The lowest BCUT2D eigenvalue weighted by atomic mass is 10.1. The van der Waals surface area contributed by atoms with Gasteiger partial charge in [0.25, 0.3) is 5.91 Å². The molecular weight excluding hydrogens is 366 g/mol. The number of anilines is 1. The van der Waals surface area contributed by atoms with Crippen molar-refractivity contribution < 1.29 is 23.9 Å². The molecule has 144 valence electrons. The number of carbonyl (C=O) groups is 3. The lowest BCUT2D eigenvalue weighted by Crippen LogP contribution is -2.16. The summed E-state index contributed by atoms with van der Waals surface area (Å²) in [6.45, 7) is 9.01. The zero-order chi connectivity index (χ0) is 20.1. The van der Waals surface area contributed by atoms with Crippen LogP contribution in [0.4, 0.5) is 5.00 Å². The first-order valence-electron chi connectivity index (χ1n) is 8.64. The van der Waals surface area contributed by atoms with Crippen LogP contribution in [0.2, 0.25) is 0 Å². The predicted octanol–water partition coefficient (Wildman–Crippen LogP) is 4.53. The van der Waals surface area contributed by atoms with Crippen LogP contribution >= 0.6 is 11.3 Å². The van der Waals surface area contributed by atoms with Crippen molar-refractivity contribution in [2.75, 3.05) is 11.9 Å². The molecule has 27 heavy (non-hydrogen) atoms. The molecule has 1 heterocycles. The SMILES string of the molecule is CCOC(=O)c1cc(C(C)C)sc1NC(=O)c1cccc(OC(C)=O)c1C. The van der Waals surface area contributed by atoms with E-state index in [2.05, 4.69) is 5.32 Å². The minimum Gasteiger partial charge on any atom is -0.462 e. The fourth-order valence-corrected chi connectivity index (χ4v) is 3.49. The maximum atomic E-state index is 12.8. The summed E-state index contributed by atoms with van der Waals surface area (Å²) in [6.07, 6.45) is 0. The Hall–Kier alpha value is -2.67. The van der Waals surface area contributed by atoms with Crippen LogP contribution in [0.25, 0.3) is 0 Å². The van der Waals surface area contributed by atoms with E-state index in [4.69, 9.17) is 9.47 Å². The zero-order valence-electron chi connectivity index (χ0n) is 16.0. The average molecular weight is 389 g/mol. The highest BCUT2D eigenvalue weighted by molar-refractivity contribution is 7.16. The van der Waals surface area contributed by atoms with Gasteiger partial charge >= 0.3 is 11.9 Å². The van der Waals surface area contributed by atoms with Crippen molar-refractivity contribution in [1.29, 1.82) is 0 Å². The molecule has 1 N–H and O–H groups in total. The van der Waals surface area contributed by atoms with Crippen LogP contribution < -0.4 is 10.1 Å². The van der Waals surface area contributed by atoms with Gasteiger partial charge in [-0.15, -0.1) is 11.3 Å². The number of benzene rings is 1. The fourth-order valence-electron chi connectivity index (χ4n) is 2.44. The molecule has 6 nitrogen and oxygen atoms in total. The van der Waals surface area contributed by atoms with Crippen molar-refractivity contribution in [3.63, 3.8) is 0 Å². The van der Waals surface area contributed by atoms with Gasteiger partial charge in [-0.2, -0.15) is 0 Å². The number of hydrogen-bond donors (Lipinski definition) is 1. The minimum atomic E-state index is -0.471. The van der Waals surface area contributed by atoms with Gasteiger partial charge in [0.2, 0.25) is 0 Å². The Kier molecular flexibility index (Phi) is 6.74. The highest BCUT2D eigenvalue weighted by Gasteiger charge is 2.22. The third kappa shape index (κ3) is 4.95. The number of hydrogen-bond acceptors (Lipinski definition) is 6. The van der Waals surface area contributed by atoms with E-state index in [-0.39, 0.29) is 18.4 Å². The first-order valence-corrected chi connectivity index (χ1v) is 9.46. The Balaban J connectivity index is 2.35. The molecule has 0 aliphatic carbocycles. The molecule has 1 aromatic heterocycles. The molecular formula is C20H23NO5S. The summed E-state index contributed by atoms with van der Waals surface area (Å²) in [5.41, 5.74) is 1.25. The number of ether oxygens (including phenoxy) is 2. The lowest BCUT2D eigenvalue weighted by Gasteiger charge is -2.11. The second-order valence-corrected chi connectivity index (χ2v) is 7.33. The van der Waals surface area contributed by atoms with Gasteiger partial charge in [-0.05, 0) is 38.0 Å². The third-order valence-electron chi connectivity index (χ3n) is 3.82. The smallest absolute Gasteiger partial charge is 0.341 e. The van der Waals surface area contributed by atoms with Gasteiger partial charge in [-0.1, -0.05) is 19.9 Å². The molecule has 2 rings (SSSR count). The molecule has 1 amide bonds. The van der Waals surface area contributed by atoms with Crippen LogP contribution in [-0.4, -0.2) is 24.5 Å². The first kappa shape index (κ1) is 20.6. The van der Waals surface area contributed by atoms with E-state index in [0.29, 0.717) is 27.4 Å². The standard InChI is InChI=1S/C20H23NO5S/c1-6-25-20(24)15-10-17(11(2)3)27-19(15)21-18(23)14-8-7-9-16(12(14)4)26-13(5)22/h7-11H,6H2,1-5H3,(H,21,23). The van der Waals surface area contributed by atoms with E-state index in [1.165, 1.54) is 18.3 Å². The Morgan fingerprint density at radius 3 is 2.48 bits per heavy atom. The van der Waals surface area contributed by atoms with Gasteiger partial charge in [0.05, 0.1) is 12.2 Å². The Labute approximate surface area is 162 Å². The fraction of sp³-hybridized carbons (Fsp3) is 0.350. The van der Waals surface area contributed by atoms with Crippen molar-refractivity contribution in [3.8, 4) is 5.75 Å². The van der Waals surface area contributed by atoms with Crippen molar-refractivity contribution >= 4 is 34.2 Å². The Morgan fingerprint density at radius 2 is 1.89 bits per heavy atom. The van der Waals surface area contributed by atoms with Crippen LogP contribution in [0.1, 0.15) is 64.8 Å². The number of rotatable bonds is 6. The van der Waals surface area contributed by atoms with Crippen LogP contribution in [-0.2, 0) is 9.53 Å². The second kappa shape index (κ2) is 8.81. The summed E-state index contributed by atoms with van der Waals surface area (Å²) >= 11 is 1.35. The maximum Gasteiger partial charge on any atom is 0.341 e. The molecule has 1 aromatic carbocycles. The van der Waals surface area contributed by atoms with Gasteiger partial charge in [0, 0.05) is 22.9 Å². The third-order valence-corrected chi connectivity index (χ3v) is 5.18. The normalized spacial score (nSPS) is 10.6. The van der Waals surface area contributed by atoms with Crippen LogP contribution in [0.3, 0.4) is 0 Å². The van der Waals surface area contributed by atoms with Gasteiger partial charge in [-0.3, -0.25) is 9.59 Å². The van der Waals surface area contributed by atoms with Gasteiger partial charge in [-0.25, -0.2) is 4.79 Å². The van der Waals surface area contributed by atoms with Gasteiger partial charge in [0.15, 0.2) is 0 Å². The van der Waals surface area contributed by atoms with Crippen molar-refractivity contribution in [1.82, 2.24) is 0 Å². The summed E-state index contributed by atoms with van der Waals surface area (Å²) in [5.74, 6) is -0.775. The quantitative estimate of drug-likeness (QED) is 0.580. The van der Waals surface area contributed by atoms with Crippen molar-refractivity contribution in [3.05, 3.63) is 45.8 Å². The molecule has 0 radical (unpaired) electrons. The molecule has 0 saturated heterocycles. The molecule has 0 spiro atoms. The number of thiophene rings is 1. The summed E-state index contributed by atoms with van der Waals surface area (Å²) in [7, 11) is 0. The van der Waals surface area contributed by atoms with Crippen LogP contribution in [0, 0.1) is 6.92 Å². The molecule has 0 aliphatic heterocycles. The minimum absolute atomic E-state index is 0.211. The average Bonchev–Trinajstić information content (AvgIpc) is 3.00. The van der Waals surface area contributed by atoms with Crippen molar-refractivity contribution in [2.45, 2.75) is 40.5 Å². The summed E-state index contributed by atoms with van der Waals surface area (Å²) in [4.78, 5) is 37.2. The molecule has 2 aromatic rings. The monoisotopic (exact) mass is 389 g/mol. The van der Waals surface area contributed by atoms with E-state index in [9.17, 15) is 14.4 Å². The molecule has 7 heteroatoms. The zero-order valence-corrected chi connectivity index (χ0v) is 16.9. The Morgan fingerprint density at radius 1 is 1.19 bits per heavy atom. The number of nitrogens with one attached hydrogen (secondary N) is 1. The van der Waals surface area contributed by atoms with Crippen LogP contribution in [0.15, 0.2) is 24.3 Å². The molecule has 0 bridgehead atoms. The van der Waals surface area contributed by atoms with E-state index in [1.54, 1.807) is 38.1 Å². The molecule has 0 unspecified atom stereocenters. The summed E-state index contributed by atoms with van der Waals surface area (Å²) in [5, 5.41) is 3.24. The van der Waals surface area contributed by atoms with E-state index >= 15 is 0 Å². The Bertz CT molecular complexity index is 869. The van der Waals surface area contributed by atoms with E-state index in [1.807, 2.05) is 13.8 Å². The first-order chi connectivity index (χ1) is 12.7. The highest BCUT2D eigenvalue weighted by atomic mass is 32.1.